The van der Waals surface area contributed by atoms with Crippen molar-refractivity contribution in [3.8, 4) is 0 Å². The minimum Gasteiger partial charge on any atom is -0.481 e. The second-order valence-electron chi connectivity index (χ2n) is 2.69. The summed E-state index contributed by atoms with van der Waals surface area (Å²) in [5.74, 6) is 1.39. The highest BCUT2D eigenvalue weighted by Crippen LogP contribution is 1.99. The van der Waals surface area contributed by atoms with Gasteiger partial charge in [0.15, 0.2) is 0 Å². The Morgan fingerprint density at radius 3 is 2.55 bits per heavy atom. The fraction of sp³-hybridized carbons (Fsp3) is 0.875. The van der Waals surface area contributed by atoms with Crippen LogP contribution in [0.3, 0.4) is 0 Å². The Bertz CT molecular complexity index is 115. The van der Waals surface area contributed by atoms with Crippen molar-refractivity contribution in [2.24, 2.45) is 0 Å². The second kappa shape index (κ2) is 6.53. The lowest BCUT2D eigenvalue weighted by Gasteiger charge is -1.99. The molecule has 0 bridgehead atoms. The van der Waals surface area contributed by atoms with Gasteiger partial charge >= 0.3 is 5.97 Å². The van der Waals surface area contributed by atoms with E-state index in [-0.39, 0.29) is 0 Å². The molecule has 0 spiro atoms. The van der Waals surface area contributed by atoms with Gasteiger partial charge in [-0.1, -0.05) is 13.3 Å². The molecule has 0 aromatic carbocycles. The Morgan fingerprint density at radius 1 is 1.45 bits per heavy atom. The molecule has 1 atom stereocenters. The zero-order chi connectivity index (χ0) is 8.69. The number of unbranched alkanes of at least 4 members (excludes halogenated alkanes) is 1. The fourth-order valence-corrected chi connectivity index (χ4v) is 2.26. The maximum atomic E-state index is 10.2. The number of hydrogen-bond acceptors (Lipinski definition) is 1. The van der Waals surface area contributed by atoms with E-state index >= 15 is 0 Å². The van der Waals surface area contributed by atoms with Crippen molar-refractivity contribution in [3.05, 3.63) is 0 Å². The molecule has 0 saturated heterocycles. The van der Waals surface area contributed by atoms with Crippen molar-refractivity contribution in [1.29, 1.82) is 0 Å². The molecule has 0 aliphatic carbocycles. The summed E-state index contributed by atoms with van der Waals surface area (Å²) >= 11 is 0. The van der Waals surface area contributed by atoms with Crippen molar-refractivity contribution in [2.45, 2.75) is 26.2 Å². The van der Waals surface area contributed by atoms with E-state index in [4.69, 9.17) is 5.11 Å². The van der Waals surface area contributed by atoms with Crippen LogP contribution in [-0.2, 0) is 15.7 Å². The van der Waals surface area contributed by atoms with E-state index in [0.717, 1.165) is 5.75 Å². The topological polar surface area (TPSA) is 37.3 Å². The maximum absolute atomic E-state index is 10.2. The minimum atomic E-state index is -0.666. The first-order valence-electron chi connectivity index (χ1n) is 3.97. The van der Waals surface area contributed by atoms with E-state index in [2.05, 4.69) is 13.2 Å². The smallest absolute Gasteiger partial charge is 0.308 e. The van der Waals surface area contributed by atoms with E-state index in [9.17, 15) is 4.79 Å². The van der Waals surface area contributed by atoms with Crippen LogP contribution in [-0.4, -0.2) is 28.8 Å². The molecule has 3 heteroatoms. The van der Waals surface area contributed by atoms with Crippen LogP contribution in [0, 0.1) is 0 Å². The standard InChI is InChI=1S/C8H16O2S/c1-3-4-6-11(2)7-5-8(9)10/h3-7H2,1-2H3/p+1. The second-order valence-corrected chi connectivity index (χ2v) is 5.07. The third-order valence-electron chi connectivity index (χ3n) is 1.51. The van der Waals surface area contributed by atoms with E-state index < -0.39 is 5.97 Å². The van der Waals surface area contributed by atoms with E-state index in [1.54, 1.807) is 0 Å². The number of hydrogen-bond donors (Lipinski definition) is 1. The van der Waals surface area contributed by atoms with Gasteiger partial charge in [-0.25, -0.2) is 0 Å². The maximum Gasteiger partial charge on any atom is 0.308 e. The van der Waals surface area contributed by atoms with E-state index in [0.29, 0.717) is 17.3 Å². The van der Waals surface area contributed by atoms with Crippen LogP contribution >= 0.6 is 0 Å². The highest BCUT2D eigenvalue weighted by atomic mass is 32.2. The zero-order valence-electron chi connectivity index (χ0n) is 7.30. The van der Waals surface area contributed by atoms with Crippen LogP contribution in [0.2, 0.25) is 0 Å². The lowest BCUT2D eigenvalue weighted by molar-refractivity contribution is -0.136. The summed E-state index contributed by atoms with van der Waals surface area (Å²) in [5, 5.41) is 8.39. The predicted octanol–water partition coefficient (Wildman–Crippen LogP) is 1.51. The number of carboxylic acid groups (broad SMARTS) is 1. The van der Waals surface area contributed by atoms with Gasteiger partial charge in [-0.15, -0.1) is 0 Å². The first-order chi connectivity index (χ1) is 5.16. The number of carboxylic acids is 1. The van der Waals surface area contributed by atoms with Gasteiger partial charge in [0.1, 0.15) is 11.5 Å². The molecular formula is C8H17O2S+. The quantitative estimate of drug-likeness (QED) is 0.624. The van der Waals surface area contributed by atoms with Crippen LogP contribution in [0.15, 0.2) is 0 Å². The van der Waals surface area contributed by atoms with Crippen molar-refractivity contribution in [2.75, 3.05) is 17.8 Å². The highest BCUT2D eigenvalue weighted by Gasteiger charge is 2.11. The average molecular weight is 177 g/mol. The summed E-state index contributed by atoms with van der Waals surface area (Å²) < 4.78 is 0. The summed E-state index contributed by atoms with van der Waals surface area (Å²) in [6, 6.07) is 0. The van der Waals surface area contributed by atoms with Crippen molar-refractivity contribution in [1.82, 2.24) is 0 Å². The highest BCUT2D eigenvalue weighted by molar-refractivity contribution is 7.96. The zero-order valence-corrected chi connectivity index (χ0v) is 8.12. The molecule has 1 unspecified atom stereocenters. The van der Waals surface area contributed by atoms with Gasteiger partial charge in [-0.2, -0.15) is 0 Å². The molecule has 11 heavy (non-hydrogen) atoms. The van der Waals surface area contributed by atoms with Crippen molar-refractivity contribution >= 4 is 16.9 Å². The van der Waals surface area contributed by atoms with Gasteiger partial charge in [-0.05, 0) is 17.3 Å². The van der Waals surface area contributed by atoms with Gasteiger partial charge < -0.3 is 5.11 Å². The lowest BCUT2D eigenvalue weighted by atomic mass is 10.4. The Labute approximate surface area is 71.3 Å². The van der Waals surface area contributed by atoms with Gasteiger partial charge in [0.25, 0.3) is 0 Å². The first kappa shape index (κ1) is 10.8. The Morgan fingerprint density at radius 2 is 2.09 bits per heavy atom. The van der Waals surface area contributed by atoms with Gasteiger partial charge in [0.2, 0.25) is 0 Å². The lowest BCUT2D eigenvalue weighted by Crippen LogP contribution is -2.13. The van der Waals surface area contributed by atoms with E-state index in [1.807, 2.05) is 0 Å². The molecule has 0 saturated carbocycles. The summed E-state index contributed by atoms with van der Waals surface area (Å²) in [6.07, 6.45) is 4.94. The third-order valence-corrected chi connectivity index (χ3v) is 3.40. The summed E-state index contributed by atoms with van der Waals surface area (Å²) in [5.41, 5.74) is 0. The molecule has 0 amide bonds. The Hall–Kier alpha value is -0.180. The molecule has 0 radical (unpaired) electrons. The molecule has 0 rings (SSSR count). The minimum absolute atomic E-state index is 0.329. The molecule has 0 heterocycles. The normalized spacial score (nSPS) is 12.9. The van der Waals surface area contributed by atoms with Crippen LogP contribution in [0.4, 0.5) is 0 Å². The third kappa shape index (κ3) is 7.72. The molecule has 0 aliphatic heterocycles. The van der Waals surface area contributed by atoms with Crippen molar-refractivity contribution in [3.63, 3.8) is 0 Å². The number of rotatable bonds is 6. The molecule has 0 aromatic rings. The number of aliphatic carboxylic acids is 1. The molecule has 0 aromatic heterocycles. The summed E-state index contributed by atoms with van der Waals surface area (Å²) in [6.45, 7) is 2.16. The van der Waals surface area contributed by atoms with Crippen molar-refractivity contribution < 1.29 is 9.90 Å². The molecule has 2 nitrogen and oxygen atoms in total. The number of carbonyl (C=O) groups is 1. The SMILES string of the molecule is CCCC[S+](C)CCC(=O)O. The summed E-state index contributed by atoms with van der Waals surface area (Å²) in [7, 11) is 0.329. The molecule has 0 fully saturated rings. The molecule has 1 N–H and O–H groups in total. The van der Waals surface area contributed by atoms with Crippen LogP contribution in [0.1, 0.15) is 26.2 Å². The van der Waals surface area contributed by atoms with E-state index in [1.165, 1.54) is 18.6 Å². The van der Waals surface area contributed by atoms with Crippen LogP contribution < -0.4 is 0 Å². The largest absolute Gasteiger partial charge is 0.481 e. The molecule has 66 valence electrons. The predicted molar refractivity (Wildman–Crippen MR) is 50.2 cm³/mol. The van der Waals surface area contributed by atoms with Gasteiger partial charge in [0.05, 0.1) is 12.7 Å². The Balaban J connectivity index is 3.22. The van der Waals surface area contributed by atoms with Crippen LogP contribution in [0.5, 0.6) is 0 Å². The van der Waals surface area contributed by atoms with Gasteiger partial charge in [-0.3, -0.25) is 4.79 Å². The Kier molecular flexibility index (Phi) is 6.42. The molecular weight excluding hydrogens is 160 g/mol. The average Bonchev–Trinajstić information content (AvgIpc) is 1.97. The summed E-state index contributed by atoms with van der Waals surface area (Å²) in [4.78, 5) is 10.2. The molecule has 0 aliphatic rings. The van der Waals surface area contributed by atoms with Gasteiger partial charge in [0, 0.05) is 0 Å². The fourth-order valence-electron chi connectivity index (χ4n) is 0.754. The first-order valence-corrected chi connectivity index (χ1v) is 5.95. The van der Waals surface area contributed by atoms with Crippen LogP contribution in [0.25, 0.3) is 0 Å². The monoisotopic (exact) mass is 177 g/mol.